The van der Waals surface area contributed by atoms with Crippen LogP contribution in [0.4, 0.5) is 0 Å². The van der Waals surface area contributed by atoms with Crippen molar-refractivity contribution in [2.45, 2.75) is 19.3 Å². The summed E-state index contributed by atoms with van der Waals surface area (Å²) in [6, 6.07) is 0. The lowest BCUT2D eigenvalue weighted by Crippen LogP contribution is -2.39. The molecule has 0 aromatic heterocycles. The molecule has 0 aliphatic rings. The van der Waals surface area contributed by atoms with Gasteiger partial charge in [-0.15, -0.1) is 0 Å². The quantitative estimate of drug-likeness (QED) is 0.306. The van der Waals surface area contributed by atoms with E-state index in [1.54, 1.807) is 7.05 Å². The molecule has 3 N–H and O–H groups in total. The van der Waals surface area contributed by atoms with E-state index in [-0.39, 0.29) is 0 Å². The largest absolute Gasteiger partial charge is 0.356 e. The van der Waals surface area contributed by atoms with Crippen LogP contribution in [0, 0.1) is 0 Å². The molecule has 114 valence electrons. The molecular weight excluding hydrogens is 284 g/mol. The van der Waals surface area contributed by atoms with E-state index in [2.05, 4.69) is 26.6 Å². The minimum Gasteiger partial charge on any atom is -0.356 e. The zero-order valence-electron chi connectivity index (χ0n) is 12.0. The number of hydrogen-bond acceptors (Lipinski definition) is 4. The minimum absolute atomic E-state index is 0.441. The van der Waals surface area contributed by atoms with Crippen molar-refractivity contribution >= 4 is 27.7 Å². The van der Waals surface area contributed by atoms with E-state index in [0.29, 0.717) is 13.1 Å². The Hall–Kier alpha value is -0.470. The number of aliphatic imine (C=N–C) groups is 1. The molecule has 0 fully saturated rings. The van der Waals surface area contributed by atoms with Crippen LogP contribution in [0.15, 0.2) is 4.99 Å². The Morgan fingerprint density at radius 2 is 1.74 bits per heavy atom. The molecular formula is C11H26N4O2S2. The van der Waals surface area contributed by atoms with E-state index in [9.17, 15) is 8.42 Å². The summed E-state index contributed by atoms with van der Waals surface area (Å²) in [5.41, 5.74) is 0. The van der Waals surface area contributed by atoms with Gasteiger partial charge in [-0.2, -0.15) is 11.8 Å². The molecule has 0 aromatic carbocycles. The van der Waals surface area contributed by atoms with E-state index >= 15 is 0 Å². The van der Waals surface area contributed by atoms with Crippen LogP contribution in [-0.4, -0.2) is 59.3 Å². The number of sulfonamides is 1. The van der Waals surface area contributed by atoms with Crippen molar-refractivity contribution in [3.05, 3.63) is 0 Å². The molecule has 0 spiro atoms. The molecule has 0 saturated carbocycles. The molecule has 0 atom stereocenters. The SMILES string of the molecule is CN=C(NCCCCSC)NCCCNS(C)(=O)=O. The number of hydrogen-bond donors (Lipinski definition) is 3. The minimum atomic E-state index is -3.08. The monoisotopic (exact) mass is 310 g/mol. The van der Waals surface area contributed by atoms with Gasteiger partial charge in [-0.3, -0.25) is 4.99 Å². The summed E-state index contributed by atoms with van der Waals surface area (Å²) in [6.07, 6.45) is 6.31. The first-order chi connectivity index (χ1) is 8.99. The first-order valence-corrected chi connectivity index (χ1v) is 9.66. The highest BCUT2D eigenvalue weighted by Gasteiger charge is 2.00. The van der Waals surface area contributed by atoms with Gasteiger partial charge in [-0.1, -0.05) is 0 Å². The predicted molar refractivity (Wildman–Crippen MR) is 84.4 cm³/mol. The van der Waals surface area contributed by atoms with Crippen LogP contribution in [0.25, 0.3) is 0 Å². The lowest BCUT2D eigenvalue weighted by Gasteiger charge is -2.11. The number of nitrogens with zero attached hydrogens (tertiary/aromatic N) is 1. The van der Waals surface area contributed by atoms with E-state index in [0.717, 1.165) is 31.6 Å². The Bertz CT molecular complexity index is 345. The Morgan fingerprint density at radius 3 is 2.26 bits per heavy atom. The van der Waals surface area contributed by atoms with Gasteiger partial charge in [0.25, 0.3) is 0 Å². The van der Waals surface area contributed by atoms with Gasteiger partial charge in [0.1, 0.15) is 0 Å². The Morgan fingerprint density at radius 1 is 1.11 bits per heavy atom. The molecule has 0 aliphatic heterocycles. The van der Waals surface area contributed by atoms with Crippen LogP contribution in [0.2, 0.25) is 0 Å². The van der Waals surface area contributed by atoms with E-state index in [4.69, 9.17) is 0 Å². The molecule has 0 saturated heterocycles. The fraction of sp³-hybridized carbons (Fsp3) is 0.909. The van der Waals surface area contributed by atoms with Gasteiger partial charge in [0.15, 0.2) is 5.96 Å². The topological polar surface area (TPSA) is 82.6 Å². The van der Waals surface area contributed by atoms with Crippen LogP contribution in [0.1, 0.15) is 19.3 Å². The van der Waals surface area contributed by atoms with Crippen LogP contribution in [0.5, 0.6) is 0 Å². The molecule has 19 heavy (non-hydrogen) atoms. The highest BCUT2D eigenvalue weighted by atomic mass is 32.2. The Balaban J connectivity index is 3.55. The van der Waals surface area contributed by atoms with Crippen molar-refractivity contribution < 1.29 is 8.42 Å². The zero-order valence-corrected chi connectivity index (χ0v) is 13.7. The summed E-state index contributed by atoms with van der Waals surface area (Å²) in [7, 11) is -1.35. The molecule has 6 nitrogen and oxygen atoms in total. The van der Waals surface area contributed by atoms with Gasteiger partial charge in [-0.25, -0.2) is 13.1 Å². The average molecular weight is 310 g/mol. The molecule has 0 radical (unpaired) electrons. The molecule has 0 heterocycles. The van der Waals surface area contributed by atoms with Crippen LogP contribution >= 0.6 is 11.8 Å². The first kappa shape index (κ1) is 18.5. The van der Waals surface area contributed by atoms with Crippen molar-refractivity contribution in [3.63, 3.8) is 0 Å². The lowest BCUT2D eigenvalue weighted by atomic mass is 10.3. The smallest absolute Gasteiger partial charge is 0.208 e. The summed E-state index contributed by atoms with van der Waals surface area (Å²) in [6.45, 7) is 2.03. The van der Waals surface area contributed by atoms with Crippen molar-refractivity contribution in [1.82, 2.24) is 15.4 Å². The van der Waals surface area contributed by atoms with Crippen LogP contribution in [-0.2, 0) is 10.0 Å². The molecule has 8 heteroatoms. The molecule has 0 aromatic rings. The van der Waals surface area contributed by atoms with Gasteiger partial charge >= 0.3 is 0 Å². The predicted octanol–water partition coefficient (Wildman–Crippen LogP) is 0.234. The summed E-state index contributed by atoms with van der Waals surface area (Å²) < 4.78 is 24.1. The van der Waals surface area contributed by atoms with Crippen LogP contribution in [0.3, 0.4) is 0 Å². The molecule has 0 bridgehead atoms. The van der Waals surface area contributed by atoms with Crippen molar-refractivity contribution in [2.75, 3.05) is 44.9 Å². The summed E-state index contributed by atoms with van der Waals surface area (Å²) in [5, 5.41) is 6.37. The third kappa shape index (κ3) is 13.8. The Kier molecular flexibility index (Phi) is 11.1. The third-order valence-corrected chi connectivity index (χ3v) is 3.73. The average Bonchev–Trinajstić information content (AvgIpc) is 2.34. The first-order valence-electron chi connectivity index (χ1n) is 6.37. The van der Waals surface area contributed by atoms with E-state index in [1.807, 2.05) is 11.8 Å². The Labute approximate surface area is 121 Å². The van der Waals surface area contributed by atoms with Crippen molar-refractivity contribution in [2.24, 2.45) is 4.99 Å². The molecule has 0 aliphatic carbocycles. The van der Waals surface area contributed by atoms with Crippen molar-refractivity contribution in [1.29, 1.82) is 0 Å². The number of guanidine groups is 1. The number of thioether (sulfide) groups is 1. The molecule has 0 amide bonds. The number of rotatable bonds is 10. The second-order valence-electron chi connectivity index (χ2n) is 4.15. The van der Waals surface area contributed by atoms with Gasteiger partial charge in [0, 0.05) is 26.7 Å². The van der Waals surface area contributed by atoms with Crippen molar-refractivity contribution in [3.8, 4) is 0 Å². The maximum Gasteiger partial charge on any atom is 0.208 e. The van der Waals surface area contributed by atoms with E-state index < -0.39 is 10.0 Å². The van der Waals surface area contributed by atoms with Gasteiger partial charge < -0.3 is 10.6 Å². The van der Waals surface area contributed by atoms with E-state index in [1.165, 1.54) is 12.2 Å². The summed E-state index contributed by atoms with van der Waals surface area (Å²) in [4.78, 5) is 4.10. The second kappa shape index (κ2) is 11.4. The maximum absolute atomic E-state index is 10.8. The van der Waals surface area contributed by atoms with Gasteiger partial charge in [0.2, 0.25) is 10.0 Å². The standard InChI is InChI=1S/C11H26N4O2S2/c1-12-11(13-7-4-5-10-18-2)14-8-6-9-15-19(3,16)17/h15H,4-10H2,1-3H3,(H2,12,13,14). The summed E-state index contributed by atoms with van der Waals surface area (Å²) in [5.74, 6) is 1.95. The normalized spacial score (nSPS) is 12.5. The maximum atomic E-state index is 10.8. The highest BCUT2D eigenvalue weighted by Crippen LogP contribution is 1.97. The van der Waals surface area contributed by atoms with Gasteiger partial charge in [0.05, 0.1) is 6.26 Å². The lowest BCUT2D eigenvalue weighted by molar-refractivity contribution is 0.584. The summed E-state index contributed by atoms with van der Waals surface area (Å²) >= 11 is 1.86. The fourth-order valence-electron chi connectivity index (χ4n) is 1.35. The second-order valence-corrected chi connectivity index (χ2v) is 6.96. The molecule has 0 unspecified atom stereocenters. The number of nitrogens with one attached hydrogen (secondary N) is 3. The third-order valence-electron chi connectivity index (χ3n) is 2.30. The fourth-order valence-corrected chi connectivity index (χ4v) is 2.36. The zero-order chi connectivity index (χ0) is 14.6. The van der Waals surface area contributed by atoms with Crippen LogP contribution < -0.4 is 15.4 Å². The number of unbranched alkanes of at least 4 members (excludes halogenated alkanes) is 1. The molecule has 0 rings (SSSR count). The highest BCUT2D eigenvalue weighted by molar-refractivity contribution is 7.98. The van der Waals surface area contributed by atoms with Gasteiger partial charge in [-0.05, 0) is 31.3 Å².